The number of nitrogens with one attached hydrogen (secondary N) is 1. The van der Waals surface area contributed by atoms with Crippen LogP contribution in [0.3, 0.4) is 0 Å². The summed E-state index contributed by atoms with van der Waals surface area (Å²) < 4.78 is 5.73. The van der Waals surface area contributed by atoms with Crippen molar-refractivity contribution in [2.45, 2.75) is 46.5 Å². The lowest BCUT2D eigenvalue weighted by Gasteiger charge is -2.08. The molecule has 0 heterocycles. The molecule has 0 saturated heterocycles. The summed E-state index contributed by atoms with van der Waals surface area (Å²) in [6.07, 6.45) is 4.70. The lowest BCUT2D eigenvalue weighted by atomic mass is 10.2. The first-order valence-corrected chi connectivity index (χ1v) is 7.64. The molecule has 0 atom stereocenters. The summed E-state index contributed by atoms with van der Waals surface area (Å²) in [6, 6.07) is 8.43. The Hall–Kier alpha value is -1.02. The Morgan fingerprint density at radius 2 is 1.79 bits per heavy atom. The standard InChI is InChI=1S/C17H29NO/c1-4-16-8-10-17(11-9-16)19-13-7-5-6-12-18-14-15(2)3/h8-11,15,18H,4-7,12-14H2,1-3H3. The van der Waals surface area contributed by atoms with Gasteiger partial charge in [-0.15, -0.1) is 0 Å². The van der Waals surface area contributed by atoms with E-state index in [1.165, 1.54) is 18.4 Å². The molecule has 0 saturated carbocycles. The monoisotopic (exact) mass is 263 g/mol. The molecule has 0 aliphatic heterocycles. The summed E-state index contributed by atoms with van der Waals surface area (Å²) >= 11 is 0. The number of unbranched alkanes of at least 4 members (excludes halogenated alkanes) is 2. The first-order chi connectivity index (χ1) is 9.22. The van der Waals surface area contributed by atoms with E-state index in [2.05, 4.69) is 50.4 Å². The van der Waals surface area contributed by atoms with Crippen molar-refractivity contribution in [3.63, 3.8) is 0 Å². The van der Waals surface area contributed by atoms with Gasteiger partial charge < -0.3 is 10.1 Å². The second-order valence-electron chi connectivity index (χ2n) is 5.50. The maximum Gasteiger partial charge on any atom is 0.119 e. The van der Waals surface area contributed by atoms with E-state index in [-0.39, 0.29) is 0 Å². The molecule has 1 rings (SSSR count). The van der Waals surface area contributed by atoms with Gasteiger partial charge in [0.15, 0.2) is 0 Å². The number of hydrogen-bond donors (Lipinski definition) is 1. The van der Waals surface area contributed by atoms with Crippen LogP contribution in [-0.2, 0) is 6.42 Å². The molecule has 0 aromatic heterocycles. The third-order valence-electron chi connectivity index (χ3n) is 3.15. The van der Waals surface area contributed by atoms with Crippen molar-refractivity contribution in [2.75, 3.05) is 19.7 Å². The Bertz CT molecular complexity index is 319. The lowest BCUT2D eigenvalue weighted by Crippen LogP contribution is -2.20. The van der Waals surface area contributed by atoms with Crippen LogP contribution < -0.4 is 10.1 Å². The summed E-state index contributed by atoms with van der Waals surface area (Å²) in [5, 5.41) is 3.47. The molecule has 2 nitrogen and oxygen atoms in total. The van der Waals surface area contributed by atoms with Gasteiger partial charge in [0.1, 0.15) is 5.75 Å². The van der Waals surface area contributed by atoms with Gasteiger partial charge in [-0.2, -0.15) is 0 Å². The van der Waals surface area contributed by atoms with Gasteiger partial charge in [-0.05, 0) is 62.4 Å². The molecule has 0 radical (unpaired) electrons. The molecule has 0 spiro atoms. The summed E-state index contributed by atoms with van der Waals surface area (Å²) in [6.45, 7) is 9.73. The topological polar surface area (TPSA) is 21.3 Å². The molecule has 0 bridgehead atoms. The second kappa shape index (κ2) is 9.85. The van der Waals surface area contributed by atoms with Crippen LogP contribution >= 0.6 is 0 Å². The van der Waals surface area contributed by atoms with E-state index in [4.69, 9.17) is 4.74 Å². The highest BCUT2D eigenvalue weighted by molar-refractivity contribution is 5.27. The smallest absolute Gasteiger partial charge is 0.119 e. The first kappa shape index (κ1) is 16.0. The zero-order valence-corrected chi connectivity index (χ0v) is 12.7. The van der Waals surface area contributed by atoms with E-state index in [0.29, 0.717) is 0 Å². The molecule has 19 heavy (non-hydrogen) atoms. The Morgan fingerprint density at radius 3 is 2.42 bits per heavy atom. The maximum atomic E-state index is 5.73. The number of ether oxygens (including phenoxy) is 1. The Balaban J connectivity index is 1.98. The van der Waals surface area contributed by atoms with E-state index >= 15 is 0 Å². The molecule has 108 valence electrons. The van der Waals surface area contributed by atoms with Crippen molar-refractivity contribution in [1.29, 1.82) is 0 Å². The van der Waals surface area contributed by atoms with E-state index in [1.54, 1.807) is 0 Å². The second-order valence-corrected chi connectivity index (χ2v) is 5.50. The quantitative estimate of drug-likeness (QED) is 0.643. The van der Waals surface area contributed by atoms with Crippen LogP contribution in [0.1, 0.15) is 45.6 Å². The van der Waals surface area contributed by atoms with Gasteiger partial charge in [-0.1, -0.05) is 32.9 Å². The maximum absolute atomic E-state index is 5.73. The van der Waals surface area contributed by atoms with Crippen LogP contribution in [0.5, 0.6) is 5.75 Å². The van der Waals surface area contributed by atoms with Crippen molar-refractivity contribution in [3.05, 3.63) is 29.8 Å². The lowest BCUT2D eigenvalue weighted by molar-refractivity contribution is 0.304. The minimum Gasteiger partial charge on any atom is -0.494 e. The van der Waals surface area contributed by atoms with Crippen molar-refractivity contribution >= 4 is 0 Å². The third kappa shape index (κ3) is 7.89. The Morgan fingerprint density at radius 1 is 1.05 bits per heavy atom. The minimum absolute atomic E-state index is 0.745. The van der Waals surface area contributed by atoms with Gasteiger partial charge >= 0.3 is 0 Å². The highest BCUT2D eigenvalue weighted by atomic mass is 16.5. The number of hydrogen-bond acceptors (Lipinski definition) is 2. The summed E-state index contributed by atoms with van der Waals surface area (Å²) in [4.78, 5) is 0. The van der Waals surface area contributed by atoms with Crippen LogP contribution in [0.25, 0.3) is 0 Å². The molecule has 0 aliphatic carbocycles. The fourth-order valence-electron chi connectivity index (χ4n) is 1.93. The van der Waals surface area contributed by atoms with Gasteiger partial charge in [-0.25, -0.2) is 0 Å². The molecule has 1 aromatic carbocycles. The molecule has 0 fully saturated rings. The van der Waals surface area contributed by atoms with Gasteiger partial charge in [-0.3, -0.25) is 0 Å². The average molecular weight is 263 g/mol. The normalized spacial score (nSPS) is 10.9. The van der Waals surface area contributed by atoms with Crippen molar-refractivity contribution in [3.8, 4) is 5.75 Å². The highest BCUT2D eigenvalue weighted by Gasteiger charge is 1.96. The molecule has 0 amide bonds. The fraction of sp³-hybridized carbons (Fsp3) is 0.647. The SMILES string of the molecule is CCc1ccc(OCCCCCNCC(C)C)cc1. The third-order valence-corrected chi connectivity index (χ3v) is 3.15. The zero-order valence-electron chi connectivity index (χ0n) is 12.7. The van der Waals surface area contributed by atoms with E-state index < -0.39 is 0 Å². The Labute approximate surface area is 118 Å². The van der Waals surface area contributed by atoms with E-state index in [9.17, 15) is 0 Å². The van der Waals surface area contributed by atoms with E-state index in [1.807, 2.05) is 0 Å². The fourth-order valence-corrected chi connectivity index (χ4v) is 1.93. The van der Waals surface area contributed by atoms with Gasteiger partial charge in [0.25, 0.3) is 0 Å². The molecule has 2 heteroatoms. The van der Waals surface area contributed by atoms with Crippen LogP contribution in [0.2, 0.25) is 0 Å². The molecule has 1 N–H and O–H groups in total. The first-order valence-electron chi connectivity index (χ1n) is 7.64. The minimum atomic E-state index is 0.745. The molecule has 1 aromatic rings. The van der Waals surface area contributed by atoms with Gasteiger partial charge in [0.05, 0.1) is 6.61 Å². The van der Waals surface area contributed by atoms with Crippen LogP contribution in [0.15, 0.2) is 24.3 Å². The Kier molecular flexibility index (Phi) is 8.31. The van der Waals surface area contributed by atoms with Crippen LogP contribution in [0.4, 0.5) is 0 Å². The van der Waals surface area contributed by atoms with Gasteiger partial charge in [0.2, 0.25) is 0 Å². The number of rotatable bonds is 10. The van der Waals surface area contributed by atoms with Crippen molar-refractivity contribution < 1.29 is 4.74 Å². The van der Waals surface area contributed by atoms with E-state index in [0.717, 1.165) is 44.2 Å². The summed E-state index contributed by atoms with van der Waals surface area (Å²) in [5.74, 6) is 1.74. The summed E-state index contributed by atoms with van der Waals surface area (Å²) in [7, 11) is 0. The molecule has 0 aliphatic rings. The zero-order chi connectivity index (χ0) is 13.9. The largest absolute Gasteiger partial charge is 0.494 e. The predicted octanol–water partition coefficient (Wildman–Crippen LogP) is 4.04. The van der Waals surface area contributed by atoms with Crippen molar-refractivity contribution in [2.24, 2.45) is 5.92 Å². The number of benzene rings is 1. The average Bonchev–Trinajstić information content (AvgIpc) is 2.42. The van der Waals surface area contributed by atoms with Crippen molar-refractivity contribution in [1.82, 2.24) is 5.32 Å². The molecular formula is C17H29NO. The highest BCUT2D eigenvalue weighted by Crippen LogP contribution is 2.13. The summed E-state index contributed by atoms with van der Waals surface area (Å²) in [5.41, 5.74) is 1.36. The molecular weight excluding hydrogens is 234 g/mol. The van der Waals surface area contributed by atoms with Gasteiger partial charge in [0, 0.05) is 0 Å². The molecule has 0 unspecified atom stereocenters. The predicted molar refractivity (Wildman–Crippen MR) is 82.9 cm³/mol. The van der Waals surface area contributed by atoms with Crippen LogP contribution in [-0.4, -0.2) is 19.7 Å². The van der Waals surface area contributed by atoms with Crippen LogP contribution in [0, 0.1) is 5.92 Å². The number of aryl methyl sites for hydroxylation is 1.